The molecule has 1 aliphatic heterocycles. The number of urea groups is 1. The molecule has 0 unspecified atom stereocenters. The molecule has 0 bridgehead atoms. The van der Waals surface area contributed by atoms with Crippen molar-refractivity contribution in [2.45, 2.75) is 44.8 Å². The molecule has 176 valence electrons. The number of esters is 1. The monoisotopic (exact) mass is 451 g/mol. The lowest BCUT2D eigenvalue weighted by molar-refractivity contribution is -0.139. The Morgan fingerprint density at radius 3 is 2.42 bits per heavy atom. The third-order valence-electron chi connectivity index (χ3n) is 6.38. The van der Waals surface area contributed by atoms with Crippen LogP contribution >= 0.6 is 0 Å². The van der Waals surface area contributed by atoms with Gasteiger partial charge in [-0.3, -0.25) is 9.69 Å². The summed E-state index contributed by atoms with van der Waals surface area (Å²) in [4.78, 5) is 28.6. The van der Waals surface area contributed by atoms with Crippen molar-refractivity contribution in [2.24, 2.45) is 0 Å². The minimum absolute atomic E-state index is 0.0637. The number of carbonyl (C=O) groups is 2. The highest BCUT2D eigenvalue weighted by atomic mass is 16.5. The summed E-state index contributed by atoms with van der Waals surface area (Å²) in [5, 5.41) is 2.96. The van der Waals surface area contributed by atoms with E-state index >= 15 is 0 Å². The van der Waals surface area contributed by atoms with Crippen molar-refractivity contribution in [2.75, 3.05) is 38.6 Å². The summed E-state index contributed by atoms with van der Waals surface area (Å²) in [6.07, 6.45) is 5.15. The van der Waals surface area contributed by atoms with Gasteiger partial charge >= 0.3 is 12.0 Å². The molecule has 1 heterocycles. The van der Waals surface area contributed by atoms with E-state index in [9.17, 15) is 9.59 Å². The first-order valence-corrected chi connectivity index (χ1v) is 11.8. The Labute approximate surface area is 195 Å². The van der Waals surface area contributed by atoms with E-state index in [0.717, 1.165) is 55.0 Å². The Hall–Kier alpha value is -3.06. The summed E-state index contributed by atoms with van der Waals surface area (Å²) >= 11 is 0. The zero-order valence-electron chi connectivity index (χ0n) is 19.3. The Morgan fingerprint density at radius 2 is 1.73 bits per heavy atom. The summed E-state index contributed by atoms with van der Waals surface area (Å²) in [5.41, 5.74) is 2.82. The van der Waals surface area contributed by atoms with E-state index in [1.165, 1.54) is 20.0 Å². The first kappa shape index (κ1) is 23.1. The minimum Gasteiger partial charge on any atom is -0.490 e. The Bertz CT molecular complexity index is 936. The van der Waals surface area contributed by atoms with Crippen molar-refractivity contribution in [3.63, 3.8) is 0 Å². The molecule has 2 amide bonds. The van der Waals surface area contributed by atoms with E-state index in [-0.39, 0.29) is 24.5 Å². The molecule has 1 saturated heterocycles. The fourth-order valence-corrected chi connectivity index (χ4v) is 4.48. The first-order valence-electron chi connectivity index (χ1n) is 11.8. The smallest absolute Gasteiger partial charge is 0.321 e. The second-order valence-electron chi connectivity index (χ2n) is 8.78. The number of rotatable bonds is 7. The van der Waals surface area contributed by atoms with Crippen LogP contribution in [-0.4, -0.2) is 61.2 Å². The number of carbonyl (C=O) groups excluding carboxylic acids is 2. The van der Waals surface area contributed by atoms with E-state index in [4.69, 9.17) is 9.47 Å². The number of piperazine rings is 1. The number of para-hydroxylation sites is 1. The normalized spacial score (nSPS) is 17.1. The highest BCUT2D eigenvalue weighted by molar-refractivity contribution is 5.89. The van der Waals surface area contributed by atoms with Gasteiger partial charge in [-0.2, -0.15) is 0 Å². The van der Waals surface area contributed by atoms with Crippen LogP contribution in [0.25, 0.3) is 0 Å². The van der Waals surface area contributed by atoms with Crippen LogP contribution in [0.3, 0.4) is 0 Å². The van der Waals surface area contributed by atoms with Gasteiger partial charge in [0.05, 0.1) is 19.6 Å². The Balaban J connectivity index is 1.38. The average Bonchev–Trinajstić information content (AvgIpc) is 3.35. The zero-order valence-corrected chi connectivity index (χ0v) is 19.3. The lowest BCUT2D eigenvalue weighted by Crippen LogP contribution is -2.49. The van der Waals surface area contributed by atoms with Crippen LogP contribution in [0.2, 0.25) is 0 Å². The highest BCUT2D eigenvalue weighted by Gasteiger charge is 2.23. The molecule has 4 rings (SSSR count). The number of nitrogens with one attached hydrogen (secondary N) is 1. The largest absolute Gasteiger partial charge is 0.490 e. The summed E-state index contributed by atoms with van der Waals surface area (Å²) in [6, 6.07) is 15.5. The number of ether oxygens (including phenoxy) is 2. The number of anilines is 1. The second-order valence-corrected chi connectivity index (χ2v) is 8.78. The van der Waals surface area contributed by atoms with Crippen molar-refractivity contribution < 1.29 is 19.1 Å². The van der Waals surface area contributed by atoms with Crippen LogP contribution in [0.15, 0.2) is 48.5 Å². The van der Waals surface area contributed by atoms with Crippen LogP contribution in [-0.2, 0) is 22.5 Å². The molecule has 33 heavy (non-hydrogen) atoms. The van der Waals surface area contributed by atoms with Crippen LogP contribution in [0, 0.1) is 0 Å². The molecule has 0 atom stereocenters. The summed E-state index contributed by atoms with van der Waals surface area (Å²) in [6.45, 7) is 3.63. The van der Waals surface area contributed by atoms with Gasteiger partial charge in [0.2, 0.25) is 0 Å². The highest BCUT2D eigenvalue weighted by Crippen LogP contribution is 2.29. The number of methoxy groups -OCH3 is 1. The molecule has 2 aromatic carbocycles. The molecule has 2 aromatic rings. The number of hydrogen-bond acceptors (Lipinski definition) is 5. The Morgan fingerprint density at radius 1 is 1.00 bits per heavy atom. The number of hydrogen-bond donors (Lipinski definition) is 1. The maximum Gasteiger partial charge on any atom is 0.321 e. The molecule has 1 aliphatic carbocycles. The number of nitrogens with zero attached hydrogens (tertiary/aromatic N) is 2. The van der Waals surface area contributed by atoms with Crippen molar-refractivity contribution in [1.29, 1.82) is 0 Å². The molecule has 1 saturated carbocycles. The molecule has 0 radical (unpaired) electrons. The Kier molecular flexibility index (Phi) is 7.83. The van der Waals surface area contributed by atoms with Crippen LogP contribution < -0.4 is 10.1 Å². The van der Waals surface area contributed by atoms with E-state index in [2.05, 4.69) is 16.3 Å². The topological polar surface area (TPSA) is 71.1 Å². The average molecular weight is 452 g/mol. The molecule has 2 aliphatic rings. The van der Waals surface area contributed by atoms with Crippen molar-refractivity contribution >= 4 is 17.7 Å². The lowest BCUT2D eigenvalue weighted by atomic mass is 10.1. The van der Waals surface area contributed by atoms with Gasteiger partial charge in [-0.25, -0.2) is 4.79 Å². The molecule has 7 nitrogen and oxygen atoms in total. The van der Waals surface area contributed by atoms with Gasteiger partial charge in [-0.1, -0.05) is 30.3 Å². The van der Waals surface area contributed by atoms with Crippen molar-refractivity contribution in [3.05, 3.63) is 59.7 Å². The van der Waals surface area contributed by atoms with E-state index in [1.807, 2.05) is 47.4 Å². The van der Waals surface area contributed by atoms with Gasteiger partial charge in [0.1, 0.15) is 5.75 Å². The van der Waals surface area contributed by atoms with Crippen molar-refractivity contribution in [3.8, 4) is 5.75 Å². The van der Waals surface area contributed by atoms with Gasteiger partial charge in [0.15, 0.2) is 0 Å². The molecular weight excluding hydrogens is 418 g/mol. The first-order chi connectivity index (χ1) is 16.1. The summed E-state index contributed by atoms with van der Waals surface area (Å²) in [5.74, 6) is 0.656. The molecule has 2 fully saturated rings. The SMILES string of the molecule is COC(=O)Cc1ccc(OC2CCCC2)c(CN2CCN(C(=O)Nc3ccccc3)CC2)c1. The fraction of sp³-hybridized carbons (Fsp3) is 0.462. The van der Waals surface area contributed by atoms with Crippen LogP contribution in [0.4, 0.5) is 10.5 Å². The lowest BCUT2D eigenvalue weighted by Gasteiger charge is -2.35. The van der Waals surface area contributed by atoms with Crippen LogP contribution in [0.1, 0.15) is 36.8 Å². The number of amides is 2. The van der Waals surface area contributed by atoms with Gasteiger partial charge in [0, 0.05) is 44.0 Å². The van der Waals surface area contributed by atoms with Crippen molar-refractivity contribution in [1.82, 2.24) is 9.80 Å². The predicted octanol–water partition coefficient (Wildman–Crippen LogP) is 4.07. The van der Waals surface area contributed by atoms with E-state index in [1.54, 1.807) is 0 Å². The maximum absolute atomic E-state index is 12.6. The summed E-state index contributed by atoms with van der Waals surface area (Å²) < 4.78 is 11.2. The third kappa shape index (κ3) is 6.48. The quantitative estimate of drug-likeness (QED) is 0.643. The van der Waals surface area contributed by atoms with E-state index < -0.39 is 0 Å². The standard InChI is InChI=1S/C26H33N3O4/c1-32-25(30)18-20-11-12-24(33-23-9-5-6-10-23)21(17-20)19-28-13-15-29(16-14-28)26(31)27-22-7-3-2-4-8-22/h2-4,7-8,11-12,17,23H,5-6,9-10,13-16,18-19H2,1H3,(H,27,31). The summed E-state index contributed by atoms with van der Waals surface area (Å²) in [7, 11) is 1.41. The van der Waals surface area contributed by atoms with Crippen LogP contribution in [0.5, 0.6) is 5.75 Å². The van der Waals surface area contributed by atoms with Gasteiger partial charge in [0.25, 0.3) is 0 Å². The van der Waals surface area contributed by atoms with E-state index in [0.29, 0.717) is 13.1 Å². The van der Waals surface area contributed by atoms with Gasteiger partial charge in [-0.15, -0.1) is 0 Å². The zero-order chi connectivity index (χ0) is 23.0. The maximum atomic E-state index is 12.6. The minimum atomic E-state index is -0.247. The molecule has 7 heteroatoms. The molecule has 1 N–H and O–H groups in total. The number of benzene rings is 2. The third-order valence-corrected chi connectivity index (χ3v) is 6.38. The van der Waals surface area contributed by atoms with Gasteiger partial charge in [-0.05, 0) is 49.4 Å². The molecule has 0 spiro atoms. The predicted molar refractivity (Wildman–Crippen MR) is 127 cm³/mol. The molecule has 0 aromatic heterocycles. The second kappa shape index (κ2) is 11.2. The molecular formula is C26H33N3O4. The van der Waals surface area contributed by atoms with Gasteiger partial charge < -0.3 is 19.7 Å². The fourth-order valence-electron chi connectivity index (χ4n) is 4.48.